The van der Waals surface area contributed by atoms with Crippen molar-refractivity contribution in [1.82, 2.24) is 0 Å². The largest absolute Gasteiger partial charge is 0.508 e. The van der Waals surface area contributed by atoms with E-state index in [0.717, 1.165) is 18.6 Å². The molecule has 0 radical (unpaired) electrons. The van der Waals surface area contributed by atoms with Gasteiger partial charge in [0.1, 0.15) is 17.1 Å². The molecule has 2 heterocycles. The van der Waals surface area contributed by atoms with Crippen molar-refractivity contribution < 1.29 is 9.84 Å². The lowest BCUT2D eigenvalue weighted by atomic mass is 9.84. The lowest BCUT2D eigenvalue weighted by Crippen LogP contribution is -2.33. The fraction of sp³-hybridized carbons (Fsp3) is 0.474. The van der Waals surface area contributed by atoms with E-state index in [0.29, 0.717) is 17.6 Å². The summed E-state index contributed by atoms with van der Waals surface area (Å²) >= 11 is 1.78. The van der Waals surface area contributed by atoms with E-state index >= 15 is 0 Å². The number of phenols is 1. The fourth-order valence-corrected chi connectivity index (χ4v) is 5.64. The maximum absolute atomic E-state index is 10.5. The number of aryl methyl sites for hydroxylation is 1. The van der Waals surface area contributed by atoms with E-state index in [1.54, 1.807) is 11.3 Å². The van der Waals surface area contributed by atoms with Gasteiger partial charge in [-0.15, -0.1) is 11.3 Å². The van der Waals surface area contributed by atoms with Crippen LogP contribution in [0.3, 0.4) is 0 Å². The molecule has 0 spiro atoms. The molecule has 2 nitrogen and oxygen atoms in total. The Bertz CT molecular complexity index is 749. The Hall–Kier alpha value is -1.48. The molecular formula is C19H20O2S. The highest BCUT2D eigenvalue weighted by atomic mass is 32.1. The Balaban J connectivity index is 1.66. The Kier molecular flexibility index (Phi) is 2.53. The molecule has 1 saturated carbocycles. The van der Waals surface area contributed by atoms with Crippen molar-refractivity contribution in [3.63, 3.8) is 0 Å². The molecule has 3 aliphatic rings. The Morgan fingerprint density at radius 2 is 2.09 bits per heavy atom. The predicted molar refractivity (Wildman–Crippen MR) is 88.1 cm³/mol. The third-order valence-electron chi connectivity index (χ3n) is 5.90. The smallest absolute Gasteiger partial charge is 0.141 e. The van der Waals surface area contributed by atoms with E-state index < -0.39 is 0 Å². The molecule has 3 atom stereocenters. The van der Waals surface area contributed by atoms with Crippen molar-refractivity contribution in [1.29, 1.82) is 0 Å². The van der Waals surface area contributed by atoms with E-state index in [9.17, 15) is 5.11 Å². The molecule has 3 heteroatoms. The third-order valence-corrected chi connectivity index (χ3v) is 7.02. The summed E-state index contributed by atoms with van der Waals surface area (Å²) in [5.74, 6) is 2.78. The molecule has 1 aromatic carbocycles. The van der Waals surface area contributed by atoms with Gasteiger partial charge in [0.15, 0.2) is 0 Å². The van der Waals surface area contributed by atoms with Gasteiger partial charge < -0.3 is 9.84 Å². The minimum absolute atomic E-state index is 0.215. The second-order valence-electron chi connectivity index (χ2n) is 7.23. The molecule has 2 aliphatic carbocycles. The maximum atomic E-state index is 10.5. The van der Waals surface area contributed by atoms with Crippen molar-refractivity contribution in [3.8, 4) is 11.5 Å². The van der Waals surface area contributed by atoms with Gasteiger partial charge in [-0.3, -0.25) is 0 Å². The Morgan fingerprint density at radius 3 is 2.86 bits per heavy atom. The summed E-state index contributed by atoms with van der Waals surface area (Å²) in [6.07, 6.45) is 5.66. The zero-order valence-electron chi connectivity index (χ0n) is 12.8. The first-order valence-corrected chi connectivity index (χ1v) is 9.15. The first kappa shape index (κ1) is 13.0. The van der Waals surface area contributed by atoms with Crippen molar-refractivity contribution in [2.24, 2.45) is 0 Å². The van der Waals surface area contributed by atoms with Gasteiger partial charge >= 0.3 is 0 Å². The van der Waals surface area contributed by atoms with Crippen LogP contribution in [0.5, 0.6) is 11.5 Å². The van der Waals surface area contributed by atoms with Gasteiger partial charge in [0.2, 0.25) is 0 Å². The fourth-order valence-electron chi connectivity index (χ4n) is 4.79. The van der Waals surface area contributed by atoms with Crippen LogP contribution in [0, 0.1) is 0 Å². The van der Waals surface area contributed by atoms with Crippen LogP contribution in [0.1, 0.15) is 66.0 Å². The summed E-state index contributed by atoms with van der Waals surface area (Å²) in [4.78, 5) is 1.31. The van der Waals surface area contributed by atoms with Crippen LogP contribution in [0.2, 0.25) is 0 Å². The van der Waals surface area contributed by atoms with Crippen molar-refractivity contribution in [2.75, 3.05) is 0 Å². The number of aromatic hydroxyl groups is 1. The molecule has 3 unspecified atom stereocenters. The van der Waals surface area contributed by atoms with Crippen molar-refractivity contribution in [3.05, 3.63) is 45.1 Å². The minimum Gasteiger partial charge on any atom is -0.508 e. The van der Waals surface area contributed by atoms with Crippen LogP contribution in [-0.4, -0.2) is 5.11 Å². The van der Waals surface area contributed by atoms with Gasteiger partial charge in [0.05, 0.1) is 0 Å². The number of ether oxygens (including phenoxy) is 1. The number of hydrogen-bond donors (Lipinski definition) is 1. The molecule has 1 aromatic heterocycles. The van der Waals surface area contributed by atoms with Gasteiger partial charge in [0, 0.05) is 16.0 Å². The summed E-state index contributed by atoms with van der Waals surface area (Å²) in [6.45, 7) is 2.22. The molecule has 2 aromatic rings. The SMILES string of the molecule is CC1(c2cccs2)CCc2cc(O)c3c(c2O1)C1CCC3C1. The van der Waals surface area contributed by atoms with Crippen LogP contribution >= 0.6 is 11.3 Å². The van der Waals surface area contributed by atoms with Gasteiger partial charge in [-0.2, -0.15) is 0 Å². The van der Waals surface area contributed by atoms with Gasteiger partial charge in [-0.05, 0) is 73.9 Å². The predicted octanol–water partition coefficient (Wildman–Crippen LogP) is 5.06. The topological polar surface area (TPSA) is 29.5 Å². The van der Waals surface area contributed by atoms with Gasteiger partial charge in [0.25, 0.3) is 0 Å². The van der Waals surface area contributed by atoms with E-state index in [1.807, 2.05) is 6.07 Å². The molecule has 1 N–H and O–H groups in total. The minimum atomic E-state index is -0.215. The van der Waals surface area contributed by atoms with Gasteiger partial charge in [-0.25, -0.2) is 0 Å². The summed E-state index contributed by atoms with van der Waals surface area (Å²) in [5, 5.41) is 12.6. The molecule has 0 amide bonds. The summed E-state index contributed by atoms with van der Waals surface area (Å²) in [6, 6.07) is 6.26. The standard InChI is InChI=1S/C19H20O2S/c1-19(15-3-2-8-22-15)7-6-13-10-14(20)16-11-4-5-12(9-11)17(16)18(13)21-19/h2-3,8,10-12,20H,4-7,9H2,1H3. The van der Waals surface area contributed by atoms with Crippen LogP contribution in [0.15, 0.2) is 23.6 Å². The van der Waals surface area contributed by atoms with Crippen molar-refractivity contribution >= 4 is 11.3 Å². The molecule has 2 bridgehead atoms. The number of fused-ring (bicyclic) bond motifs is 7. The molecule has 0 saturated heterocycles. The number of phenolic OH excluding ortho intramolecular Hbond substituents is 1. The van der Waals surface area contributed by atoms with Crippen LogP contribution in [0.4, 0.5) is 0 Å². The summed E-state index contributed by atoms with van der Waals surface area (Å²) in [5.41, 5.74) is 3.53. The average Bonchev–Trinajstić information content (AvgIpc) is 3.25. The third kappa shape index (κ3) is 1.60. The summed E-state index contributed by atoms with van der Waals surface area (Å²) in [7, 11) is 0. The van der Waals surface area contributed by atoms with Gasteiger partial charge in [-0.1, -0.05) is 6.07 Å². The van der Waals surface area contributed by atoms with E-state index in [-0.39, 0.29) is 5.60 Å². The number of benzene rings is 1. The normalized spacial score (nSPS) is 31.7. The highest BCUT2D eigenvalue weighted by Crippen LogP contribution is 2.60. The molecule has 114 valence electrons. The monoisotopic (exact) mass is 312 g/mol. The maximum Gasteiger partial charge on any atom is 0.141 e. The lowest BCUT2D eigenvalue weighted by molar-refractivity contribution is 0.0643. The number of hydrogen-bond acceptors (Lipinski definition) is 3. The average molecular weight is 312 g/mol. The highest BCUT2D eigenvalue weighted by molar-refractivity contribution is 7.10. The Labute approximate surface area is 134 Å². The van der Waals surface area contributed by atoms with E-state index in [4.69, 9.17) is 4.74 Å². The summed E-state index contributed by atoms with van der Waals surface area (Å²) < 4.78 is 6.61. The Morgan fingerprint density at radius 1 is 1.27 bits per heavy atom. The van der Waals surface area contributed by atoms with Crippen molar-refractivity contribution in [2.45, 2.75) is 56.5 Å². The lowest BCUT2D eigenvalue weighted by Gasteiger charge is -2.37. The van der Waals surface area contributed by atoms with Crippen LogP contribution < -0.4 is 4.74 Å². The number of thiophene rings is 1. The van der Waals surface area contributed by atoms with E-state index in [1.165, 1.54) is 40.8 Å². The molecular weight excluding hydrogens is 292 g/mol. The quantitative estimate of drug-likeness (QED) is 0.797. The highest BCUT2D eigenvalue weighted by Gasteiger charge is 2.45. The zero-order valence-corrected chi connectivity index (χ0v) is 13.6. The second kappa shape index (κ2) is 4.29. The molecule has 1 aliphatic heterocycles. The van der Waals surface area contributed by atoms with Crippen LogP contribution in [0.25, 0.3) is 0 Å². The zero-order chi connectivity index (χ0) is 14.9. The first-order valence-electron chi connectivity index (χ1n) is 8.27. The number of rotatable bonds is 1. The molecule has 5 rings (SSSR count). The van der Waals surface area contributed by atoms with Crippen LogP contribution in [-0.2, 0) is 12.0 Å². The second-order valence-corrected chi connectivity index (χ2v) is 8.18. The first-order chi connectivity index (χ1) is 10.7. The molecule has 1 fully saturated rings. The van der Waals surface area contributed by atoms with E-state index in [2.05, 4.69) is 24.4 Å². The molecule has 22 heavy (non-hydrogen) atoms.